The molecule has 1 atom stereocenters. The van der Waals surface area contributed by atoms with Gasteiger partial charge in [0, 0.05) is 19.0 Å². The number of rotatable bonds is 6. The van der Waals surface area contributed by atoms with Crippen molar-refractivity contribution in [2.45, 2.75) is 63.0 Å². The quantitative estimate of drug-likeness (QED) is 0.801. The van der Waals surface area contributed by atoms with Gasteiger partial charge in [-0.1, -0.05) is 49.6 Å². The van der Waals surface area contributed by atoms with Gasteiger partial charge in [0.15, 0.2) is 0 Å². The first kappa shape index (κ1) is 19.7. The number of urea groups is 1. The number of nitrogens with zero attached hydrogens (tertiary/aromatic N) is 1. The molecule has 6 heteroatoms. The molecule has 1 aliphatic heterocycles. The average molecular weight is 374 g/mol. The van der Waals surface area contributed by atoms with Crippen LogP contribution in [0.15, 0.2) is 30.3 Å². The Hall–Kier alpha value is -2.08. The van der Waals surface area contributed by atoms with Gasteiger partial charge < -0.3 is 20.1 Å². The van der Waals surface area contributed by atoms with E-state index in [1.165, 1.54) is 6.42 Å². The van der Waals surface area contributed by atoms with Gasteiger partial charge in [-0.15, -0.1) is 0 Å². The second kappa shape index (κ2) is 9.22. The number of carbonyl (C=O) groups excluding carboxylic acids is 1. The molecule has 1 aromatic carbocycles. The van der Waals surface area contributed by atoms with Crippen LogP contribution in [0.5, 0.6) is 0 Å². The first-order valence-electron chi connectivity index (χ1n) is 10.0. The molecular formula is C21H30N2O4. The molecule has 1 saturated heterocycles. The van der Waals surface area contributed by atoms with Crippen LogP contribution in [-0.2, 0) is 16.0 Å². The predicted octanol–water partition coefficient (Wildman–Crippen LogP) is 3.21. The molecular weight excluding hydrogens is 344 g/mol. The zero-order valence-electron chi connectivity index (χ0n) is 15.9. The Morgan fingerprint density at radius 2 is 1.93 bits per heavy atom. The standard InChI is InChI=1S/C21H30N2O4/c24-19(25)10-9-18(15-17-7-3-1-4-8-17)22-20(26)23-13-14-27-21(16-23)11-5-2-6-12-21/h1,3-4,7-8,18H,2,5-6,9-16H2,(H,22,26)(H,24,25). The molecule has 1 aromatic rings. The summed E-state index contributed by atoms with van der Waals surface area (Å²) in [5.41, 5.74) is 0.919. The minimum Gasteiger partial charge on any atom is -0.481 e. The highest BCUT2D eigenvalue weighted by atomic mass is 16.5. The highest BCUT2D eigenvalue weighted by Crippen LogP contribution is 2.34. The third-order valence-electron chi connectivity index (χ3n) is 5.66. The minimum atomic E-state index is -0.838. The predicted molar refractivity (Wildman–Crippen MR) is 103 cm³/mol. The number of ether oxygens (including phenoxy) is 1. The van der Waals surface area contributed by atoms with Crippen molar-refractivity contribution in [3.63, 3.8) is 0 Å². The van der Waals surface area contributed by atoms with E-state index in [0.29, 0.717) is 32.5 Å². The first-order chi connectivity index (χ1) is 13.1. The van der Waals surface area contributed by atoms with Gasteiger partial charge in [-0.25, -0.2) is 4.79 Å². The van der Waals surface area contributed by atoms with Crippen molar-refractivity contribution in [2.24, 2.45) is 0 Å². The van der Waals surface area contributed by atoms with E-state index in [4.69, 9.17) is 9.84 Å². The Labute approximate surface area is 160 Å². The Balaban J connectivity index is 1.61. The monoisotopic (exact) mass is 374 g/mol. The number of benzene rings is 1. The number of carbonyl (C=O) groups is 2. The molecule has 0 bridgehead atoms. The van der Waals surface area contributed by atoms with Gasteiger partial charge in [0.25, 0.3) is 0 Å². The maximum Gasteiger partial charge on any atom is 0.317 e. The molecule has 1 aliphatic carbocycles. The molecule has 148 valence electrons. The first-order valence-corrected chi connectivity index (χ1v) is 10.0. The van der Waals surface area contributed by atoms with Crippen LogP contribution < -0.4 is 5.32 Å². The maximum absolute atomic E-state index is 12.9. The van der Waals surface area contributed by atoms with Crippen LogP contribution >= 0.6 is 0 Å². The Bertz CT molecular complexity index is 623. The van der Waals surface area contributed by atoms with Gasteiger partial charge in [0.2, 0.25) is 0 Å². The second-order valence-corrected chi connectivity index (χ2v) is 7.78. The molecule has 2 fully saturated rings. The van der Waals surface area contributed by atoms with Crippen LogP contribution in [0.1, 0.15) is 50.5 Å². The van der Waals surface area contributed by atoms with Crippen molar-refractivity contribution >= 4 is 12.0 Å². The summed E-state index contributed by atoms with van der Waals surface area (Å²) >= 11 is 0. The van der Waals surface area contributed by atoms with Gasteiger partial charge in [0.1, 0.15) is 0 Å². The fraction of sp³-hybridized carbons (Fsp3) is 0.619. The number of hydrogen-bond acceptors (Lipinski definition) is 3. The highest BCUT2D eigenvalue weighted by molar-refractivity contribution is 5.75. The average Bonchev–Trinajstić information content (AvgIpc) is 2.67. The highest BCUT2D eigenvalue weighted by Gasteiger charge is 2.39. The van der Waals surface area contributed by atoms with Gasteiger partial charge in [-0.3, -0.25) is 4.79 Å². The second-order valence-electron chi connectivity index (χ2n) is 7.78. The normalized spacial score (nSPS) is 20.2. The van der Waals surface area contributed by atoms with Crippen molar-refractivity contribution in [1.29, 1.82) is 0 Å². The van der Waals surface area contributed by atoms with Crippen LogP contribution in [0, 0.1) is 0 Å². The topological polar surface area (TPSA) is 78.9 Å². The van der Waals surface area contributed by atoms with Gasteiger partial charge in [-0.2, -0.15) is 0 Å². The Morgan fingerprint density at radius 3 is 2.63 bits per heavy atom. The molecule has 2 N–H and O–H groups in total. The summed E-state index contributed by atoms with van der Waals surface area (Å²) in [4.78, 5) is 25.7. The van der Waals surface area contributed by atoms with Crippen molar-refractivity contribution in [3.05, 3.63) is 35.9 Å². The fourth-order valence-electron chi connectivity index (χ4n) is 4.20. The lowest BCUT2D eigenvalue weighted by Gasteiger charge is -2.45. The fourth-order valence-corrected chi connectivity index (χ4v) is 4.20. The summed E-state index contributed by atoms with van der Waals surface area (Å²) in [5.74, 6) is -0.838. The van der Waals surface area contributed by atoms with E-state index in [-0.39, 0.29) is 24.1 Å². The summed E-state index contributed by atoms with van der Waals surface area (Å²) in [6.45, 7) is 1.80. The lowest BCUT2D eigenvalue weighted by molar-refractivity contribution is -0.137. The number of aliphatic carboxylic acids is 1. The molecule has 2 amide bonds. The Kier molecular flexibility index (Phi) is 6.72. The summed E-state index contributed by atoms with van der Waals surface area (Å²) in [7, 11) is 0. The molecule has 27 heavy (non-hydrogen) atoms. The maximum atomic E-state index is 12.9. The third-order valence-corrected chi connectivity index (χ3v) is 5.66. The van der Waals surface area contributed by atoms with Gasteiger partial charge in [-0.05, 0) is 31.2 Å². The van der Waals surface area contributed by atoms with E-state index in [1.807, 2.05) is 35.2 Å². The number of nitrogens with one attached hydrogen (secondary N) is 1. The van der Waals surface area contributed by atoms with Crippen molar-refractivity contribution in [2.75, 3.05) is 19.7 Å². The van der Waals surface area contributed by atoms with Crippen molar-refractivity contribution in [3.8, 4) is 0 Å². The molecule has 1 saturated carbocycles. The summed E-state index contributed by atoms with van der Waals surface area (Å²) in [6, 6.07) is 9.58. The number of morpholine rings is 1. The molecule has 0 aromatic heterocycles. The van der Waals surface area contributed by atoms with E-state index in [0.717, 1.165) is 31.2 Å². The largest absolute Gasteiger partial charge is 0.481 e. The van der Waals surface area contributed by atoms with Crippen LogP contribution in [0.3, 0.4) is 0 Å². The molecule has 0 radical (unpaired) electrons. The van der Waals surface area contributed by atoms with Crippen LogP contribution in [0.4, 0.5) is 4.79 Å². The van der Waals surface area contributed by atoms with Gasteiger partial charge >= 0.3 is 12.0 Å². The summed E-state index contributed by atoms with van der Waals surface area (Å²) in [6.07, 6.45) is 6.69. The molecule has 1 spiro atoms. The SMILES string of the molecule is O=C(O)CCC(Cc1ccccc1)NC(=O)N1CCOC2(CCCCC2)C1. The molecule has 6 nitrogen and oxygen atoms in total. The van der Waals surface area contributed by atoms with E-state index in [2.05, 4.69) is 5.32 Å². The lowest BCUT2D eigenvalue weighted by Crippen LogP contribution is -2.57. The molecule has 1 heterocycles. The molecule has 2 aliphatic rings. The summed E-state index contributed by atoms with van der Waals surface area (Å²) < 4.78 is 6.07. The van der Waals surface area contributed by atoms with E-state index < -0.39 is 5.97 Å². The van der Waals surface area contributed by atoms with Crippen LogP contribution in [0.25, 0.3) is 0 Å². The number of carboxylic acids is 1. The summed E-state index contributed by atoms with van der Waals surface area (Å²) in [5, 5.41) is 12.1. The molecule has 3 rings (SSSR count). The van der Waals surface area contributed by atoms with E-state index >= 15 is 0 Å². The third kappa shape index (κ3) is 5.70. The van der Waals surface area contributed by atoms with Crippen molar-refractivity contribution in [1.82, 2.24) is 10.2 Å². The van der Waals surface area contributed by atoms with E-state index in [9.17, 15) is 9.59 Å². The lowest BCUT2D eigenvalue weighted by atomic mass is 9.83. The smallest absolute Gasteiger partial charge is 0.317 e. The number of amides is 2. The van der Waals surface area contributed by atoms with Crippen LogP contribution in [-0.4, -0.2) is 53.3 Å². The van der Waals surface area contributed by atoms with E-state index in [1.54, 1.807) is 0 Å². The van der Waals surface area contributed by atoms with Crippen molar-refractivity contribution < 1.29 is 19.4 Å². The van der Waals surface area contributed by atoms with Gasteiger partial charge in [0.05, 0.1) is 18.8 Å². The number of hydrogen-bond donors (Lipinski definition) is 2. The number of carboxylic acid groups (broad SMARTS) is 1. The molecule has 1 unspecified atom stereocenters. The minimum absolute atomic E-state index is 0.0465. The zero-order valence-corrected chi connectivity index (χ0v) is 15.9. The van der Waals surface area contributed by atoms with Crippen LogP contribution in [0.2, 0.25) is 0 Å². The zero-order chi connectivity index (χ0) is 19.1. The Morgan fingerprint density at radius 1 is 1.19 bits per heavy atom.